The first kappa shape index (κ1) is 15.6. The summed E-state index contributed by atoms with van der Waals surface area (Å²) in [5.74, 6) is -0.297. The van der Waals surface area contributed by atoms with E-state index in [4.69, 9.17) is 9.84 Å². The normalized spacial score (nSPS) is 23.9. The van der Waals surface area contributed by atoms with E-state index in [0.717, 1.165) is 18.4 Å². The van der Waals surface area contributed by atoms with Gasteiger partial charge in [0.05, 0.1) is 11.7 Å². The van der Waals surface area contributed by atoms with Gasteiger partial charge in [0.15, 0.2) is 0 Å². The van der Waals surface area contributed by atoms with Crippen LogP contribution in [-0.2, 0) is 6.42 Å². The molecule has 114 valence electrons. The Morgan fingerprint density at radius 3 is 2.81 bits per heavy atom. The van der Waals surface area contributed by atoms with Gasteiger partial charge < -0.3 is 14.9 Å². The van der Waals surface area contributed by atoms with Gasteiger partial charge in [-0.25, -0.2) is 4.79 Å². The van der Waals surface area contributed by atoms with Crippen molar-refractivity contribution >= 4 is 5.97 Å². The van der Waals surface area contributed by atoms with Crippen molar-refractivity contribution < 1.29 is 19.7 Å². The molecule has 1 aliphatic heterocycles. The molecule has 1 aliphatic rings. The van der Waals surface area contributed by atoms with Crippen LogP contribution in [0.2, 0.25) is 0 Å². The topological polar surface area (TPSA) is 66.8 Å². The first-order valence-corrected chi connectivity index (χ1v) is 7.18. The van der Waals surface area contributed by atoms with E-state index in [-0.39, 0.29) is 5.56 Å². The Kier molecular flexibility index (Phi) is 4.37. The van der Waals surface area contributed by atoms with Crippen LogP contribution in [0.1, 0.15) is 49.5 Å². The fourth-order valence-electron chi connectivity index (χ4n) is 2.58. The quantitative estimate of drug-likeness (QED) is 0.836. The van der Waals surface area contributed by atoms with Crippen molar-refractivity contribution in [3.05, 3.63) is 41.0 Å². The number of carbonyl (C=O) groups is 1. The number of carboxylic acids is 1. The number of aromatic carboxylic acids is 1. The van der Waals surface area contributed by atoms with Crippen LogP contribution < -0.4 is 4.74 Å². The van der Waals surface area contributed by atoms with Crippen LogP contribution in [0, 0.1) is 0 Å². The van der Waals surface area contributed by atoms with Crippen molar-refractivity contribution in [3.8, 4) is 5.75 Å². The Morgan fingerprint density at radius 1 is 1.48 bits per heavy atom. The predicted octanol–water partition coefficient (Wildman–Crippen LogP) is 3.19. The summed E-state index contributed by atoms with van der Waals surface area (Å²) in [6.45, 7) is 6.00. The number of ether oxygens (including phenoxy) is 1. The van der Waals surface area contributed by atoms with Gasteiger partial charge in [0.25, 0.3) is 0 Å². The molecule has 0 radical (unpaired) electrons. The summed E-state index contributed by atoms with van der Waals surface area (Å²) < 4.78 is 5.98. The van der Waals surface area contributed by atoms with Gasteiger partial charge in [0.1, 0.15) is 11.4 Å². The summed E-state index contributed by atoms with van der Waals surface area (Å²) in [4.78, 5) is 11.0. The summed E-state index contributed by atoms with van der Waals surface area (Å²) in [7, 11) is 0. The fourth-order valence-corrected chi connectivity index (χ4v) is 2.58. The van der Waals surface area contributed by atoms with Gasteiger partial charge in [-0.2, -0.15) is 0 Å². The Labute approximate surface area is 125 Å². The van der Waals surface area contributed by atoms with Crippen LogP contribution >= 0.6 is 0 Å². The summed E-state index contributed by atoms with van der Waals surface area (Å²) in [5, 5.41) is 19.4. The lowest BCUT2D eigenvalue weighted by Gasteiger charge is -2.40. The van der Waals surface area contributed by atoms with Crippen molar-refractivity contribution in [1.29, 1.82) is 0 Å². The molecule has 1 aromatic carbocycles. The van der Waals surface area contributed by atoms with Crippen molar-refractivity contribution in [2.75, 3.05) is 0 Å². The van der Waals surface area contributed by atoms with Crippen molar-refractivity contribution in [2.24, 2.45) is 0 Å². The summed E-state index contributed by atoms with van der Waals surface area (Å²) in [6.07, 6.45) is 3.48. The van der Waals surface area contributed by atoms with E-state index >= 15 is 0 Å². The lowest BCUT2D eigenvalue weighted by Crippen LogP contribution is -2.48. The Balaban J connectivity index is 2.19. The van der Waals surface area contributed by atoms with Gasteiger partial charge in [-0.3, -0.25) is 0 Å². The Morgan fingerprint density at radius 2 is 2.19 bits per heavy atom. The molecular formula is C17H22O4. The second-order valence-electron chi connectivity index (χ2n) is 6.08. The highest BCUT2D eigenvalue weighted by Crippen LogP contribution is 2.36. The summed E-state index contributed by atoms with van der Waals surface area (Å²) >= 11 is 0. The van der Waals surface area contributed by atoms with Crippen LogP contribution in [0.4, 0.5) is 0 Å². The van der Waals surface area contributed by atoms with Gasteiger partial charge in [-0.15, -0.1) is 0 Å². The molecular weight excluding hydrogens is 268 g/mol. The van der Waals surface area contributed by atoms with E-state index in [2.05, 4.69) is 6.08 Å². The predicted molar refractivity (Wildman–Crippen MR) is 80.8 cm³/mol. The second-order valence-corrected chi connectivity index (χ2v) is 6.08. The molecule has 4 heteroatoms. The minimum Gasteiger partial charge on any atom is -0.485 e. The number of rotatable bonds is 4. The third-order valence-corrected chi connectivity index (χ3v) is 3.96. The first-order valence-electron chi connectivity index (χ1n) is 7.18. The Bertz CT molecular complexity index is 572. The molecule has 0 bridgehead atoms. The average Bonchev–Trinajstić information content (AvgIpc) is 2.39. The van der Waals surface area contributed by atoms with Gasteiger partial charge in [-0.1, -0.05) is 11.6 Å². The molecule has 0 saturated heterocycles. The highest BCUT2D eigenvalue weighted by Gasteiger charge is 2.39. The molecule has 2 N–H and O–H groups in total. The maximum atomic E-state index is 11.0. The molecule has 0 amide bonds. The first-order chi connectivity index (χ1) is 9.82. The van der Waals surface area contributed by atoms with E-state index in [1.54, 1.807) is 12.1 Å². The number of hydrogen-bond acceptors (Lipinski definition) is 3. The lowest BCUT2D eigenvalue weighted by molar-refractivity contribution is -0.0587. The number of hydrogen-bond donors (Lipinski definition) is 2. The molecule has 2 rings (SSSR count). The third kappa shape index (κ3) is 3.45. The van der Waals surface area contributed by atoms with Gasteiger partial charge >= 0.3 is 5.97 Å². The van der Waals surface area contributed by atoms with Gasteiger partial charge in [0.2, 0.25) is 0 Å². The third-order valence-electron chi connectivity index (χ3n) is 3.96. The van der Waals surface area contributed by atoms with Crippen LogP contribution in [0.5, 0.6) is 5.75 Å². The maximum absolute atomic E-state index is 11.0. The second kappa shape index (κ2) is 5.90. The van der Waals surface area contributed by atoms with Crippen molar-refractivity contribution in [1.82, 2.24) is 0 Å². The van der Waals surface area contributed by atoms with E-state index < -0.39 is 17.7 Å². The smallest absolute Gasteiger partial charge is 0.335 e. The molecule has 4 nitrogen and oxygen atoms in total. The Hall–Kier alpha value is -1.81. The molecule has 0 fully saturated rings. The van der Waals surface area contributed by atoms with Crippen LogP contribution in [-0.4, -0.2) is 27.9 Å². The van der Waals surface area contributed by atoms with Crippen LogP contribution in [0.3, 0.4) is 0 Å². The molecule has 21 heavy (non-hydrogen) atoms. The zero-order valence-corrected chi connectivity index (χ0v) is 12.7. The molecule has 2 atom stereocenters. The van der Waals surface area contributed by atoms with E-state index in [0.29, 0.717) is 12.2 Å². The van der Waals surface area contributed by atoms with E-state index in [1.165, 1.54) is 11.6 Å². The number of fused-ring (bicyclic) bond motifs is 1. The molecule has 0 aliphatic carbocycles. The largest absolute Gasteiger partial charge is 0.485 e. The van der Waals surface area contributed by atoms with E-state index in [1.807, 2.05) is 20.8 Å². The number of benzene rings is 1. The number of allylic oxidation sites excluding steroid dienone is 2. The number of aliphatic hydroxyl groups excluding tert-OH is 1. The SMILES string of the molecule is CC(C)=CCC[C@@]1(C)Oc2ccc(C(=O)O)cc2C[C@@H]1O. The van der Waals surface area contributed by atoms with Gasteiger partial charge in [0, 0.05) is 6.42 Å². The monoisotopic (exact) mass is 290 g/mol. The minimum atomic E-state index is -0.968. The van der Waals surface area contributed by atoms with E-state index in [9.17, 15) is 9.90 Å². The number of aliphatic hydroxyl groups is 1. The highest BCUT2D eigenvalue weighted by atomic mass is 16.5. The molecule has 0 saturated carbocycles. The standard InChI is InChI=1S/C17H22O4/c1-11(2)5-4-8-17(3)15(18)10-13-9-12(16(19)20)6-7-14(13)21-17/h5-7,9,15,18H,4,8,10H2,1-3H3,(H,19,20)/t15-,17+/m0/s1. The number of carboxylic acid groups (broad SMARTS) is 1. The molecule has 0 spiro atoms. The highest BCUT2D eigenvalue weighted by molar-refractivity contribution is 5.88. The molecule has 0 aromatic heterocycles. The van der Waals surface area contributed by atoms with Crippen LogP contribution in [0.25, 0.3) is 0 Å². The van der Waals surface area contributed by atoms with Crippen molar-refractivity contribution in [3.63, 3.8) is 0 Å². The molecule has 1 aromatic rings. The van der Waals surface area contributed by atoms with Crippen molar-refractivity contribution in [2.45, 2.75) is 51.7 Å². The molecule has 0 unspecified atom stereocenters. The summed E-state index contributed by atoms with van der Waals surface area (Å²) in [5.41, 5.74) is 1.58. The fraction of sp³-hybridized carbons (Fsp3) is 0.471. The molecule has 1 heterocycles. The zero-order chi connectivity index (χ0) is 15.6. The minimum absolute atomic E-state index is 0.220. The zero-order valence-electron chi connectivity index (χ0n) is 12.7. The van der Waals surface area contributed by atoms with Gasteiger partial charge in [-0.05, 0) is 57.4 Å². The maximum Gasteiger partial charge on any atom is 0.335 e. The lowest BCUT2D eigenvalue weighted by atomic mass is 9.85. The summed E-state index contributed by atoms with van der Waals surface area (Å²) in [6, 6.07) is 4.80. The average molecular weight is 290 g/mol. The van der Waals surface area contributed by atoms with Crippen LogP contribution in [0.15, 0.2) is 29.8 Å².